The molecule has 0 aliphatic carbocycles. The third-order valence-electron chi connectivity index (χ3n) is 2.50. The van der Waals surface area contributed by atoms with Crippen molar-refractivity contribution in [3.63, 3.8) is 0 Å². The van der Waals surface area contributed by atoms with Crippen LogP contribution in [0, 0.1) is 0 Å². The first-order valence-electron chi connectivity index (χ1n) is 5.41. The minimum absolute atomic E-state index is 0.236. The molecule has 0 saturated carbocycles. The first-order chi connectivity index (χ1) is 8.00. The number of unbranched alkanes of at least 4 members (excludes halogenated alkanes) is 3. The Bertz CT molecular complexity index is 291. The summed E-state index contributed by atoms with van der Waals surface area (Å²) in [5.74, 6) is -18.9. The molecule has 0 aromatic carbocycles. The van der Waals surface area contributed by atoms with Crippen LogP contribution in [0.25, 0.3) is 0 Å². The molecule has 108 valence electrons. The number of hydrogen-bond acceptors (Lipinski definition) is 2. The molecule has 1 atom stereocenters. The van der Waals surface area contributed by atoms with Crippen LogP contribution in [0.2, 0.25) is 0 Å². The minimum Gasteiger partial charge on any atom is -0.477 e. The molecule has 0 aromatic rings. The highest BCUT2D eigenvalue weighted by molar-refractivity contribution is 5.76. The Morgan fingerprint density at radius 3 is 1.94 bits per heavy atom. The quantitative estimate of drug-likeness (QED) is 0.530. The molecule has 3 nitrogen and oxygen atoms in total. The zero-order chi connectivity index (χ0) is 14.6. The van der Waals surface area contributed by atoms with Gasteiger partial charge in [-0.05, 0) is 6.42 Å². The lowest BCUT2D eigenvalue weighted by Gasteiger charge is -2.31. The van der Waals surface area contributed by atoms with Crippen LogP contribution in [-0.4, -0.2) is 33.9 Å². The predicted octanol–water partition coefficient (Wildman–Crippen LogP) is 2.97. The average Bonchev–Trinajstić information content (AvgIpc) is 2.23. The van der Waals surface area contributed by atoms with Gasteiger partial charge < -0.3 is 10.2 Å². The number of carbonyl (C=O) groups is 1. The lowest BCUT2D eigenvalue weighted by molar-refractivity contribution is -0.327. The molecule has 0 aliphatic heterocycles. The molecule has 0 radical (unpaired) electrons. The number of rotatable bonds is 8. The summed E-state index contributed by atoms with van der Waals surface area (Å²) in [5, 5.41) is 16.4. The zero-order valence-electron chi connectivity index (χ0n) is 9.73. The van der Waals surface area contributed by atoms with Gasteiger partial charge in [-0.1, -0.05) is 26.2 Å². The van der Waals surface area contributed by atoms with Gasteiger partial charge in [0.05, 0.1) is 0 Å². The fraction of sp³-hybridized carbons (Fsp3) is 0.900. The Balaban J connectivity index is 4.80. The molecular formula is C10H15F5O3. The topological polar surface area (TPSA) is 57.5 Å². The summed E-state index contributed by atoms with van der Waals surface area (Å²) in [5.41, 5.74) is 0. The third-order valence-corrected chi connectivity index (χ3v) is 2.50. The van der Waals surface area contributed by atoms with Gasteiger partial charge in [0, 0.05) is 6.42 Å². The molecule has 0 rings (SSSR count). The standard InChI is InChI=1S/C10H15F5O3/c1-2-3-4-5-6-8(11,12)10(14,15)9(13,18)7(16)17/h18H,2-6H2,1H3,(H,16,17). The van der Waals surface area contributed by atoms with Crippen LogP contribution in [0.5, 0.6) is 0 Å². The summed E-state index contributed by atoms with van der Waals surface area (Å²) < 4.78 is 64.9. The van der Waals surface area contributed by atoms with E-state index in [4.69, 9.17) is 10.2 Å². The van der Waals surface area contributed by atoms with Crippen molar-refractivity contribution < 1.29 is 37.0 Å². The van der Waals surface area contributed by atoms with E-state index >= 15 is 0 Å². The number of carboxylic acids is 1. The van der Waals surface area contributed by atoms with Crippen LogP contribution in [0.4, 0.5) is 22.0 Å². The molecule has 18 heavy (non-hydrogen) atoms. The van der Waals surface area contributed by atoms with Gasteiger partial charge in [0.2, 0.25) is 0 Å². The van der Waals surface area contributed by atoms with Gasteiger partial charge in [0.1, 0.15) is 0 Å². The number of halogens is 5. The second-order valence-corrected chi connectivity index (χ2v) is 4.02. The van der Waals surface area contributed by atoms with E-state index in [-0.39, 0.29) is 12.8 Å². The Hall–Kier alpha value is -0.920. The van der Waals surface area contributed by atoms with Crippen LogP contribution in [0.3, 0.4) is 0 Å². The fourth-order valence-electron chi connectivity index (χ4n) is 1.31. The zero-order valence-corrected chi connectivity index (χ0v) is 9.73. The highest BCUT2D eigenvalue weighted by atomic mass is 19.3. The van der Waals surface area contributed by atoms with Crippen molar-refractivity contribution in [1.29, 1.82) is 0 Å². The molecule has 0 fully saturated rings. The van der Waals surface area contributed by atoms with Crippen LogP contribution >= 0.6 is 0 Å². The molecule has 2 N–H and O–H groups in total. The lowest BCUT2D eigenvalue weighted by Crippen LogP contribution is -2.60. The van der Waals surface area contributed by atoms with E-state index < -0.39 is 30.1 Å². The van der Waals surface area contributed by atoms with Gasteiger partial charge in [0.25, 0.3) is 0 Å². The summed E-state index contributed by atoms with van der Waals surface area (Å²) in [6.07, 6.45) is -0.240. The molecule has 0 bridgehead atoms. The van der Waals surface area contributed by atoms with E-state index in [2.05, 4.69) is 0 Å². The molecule has 8 heteroatoms. The molecule has 1 unspecified atom stereocenters. The van der Waals surface area contributed by atoms with Crippen LogP contribution in [-0.2, 0) is 4.79 Å². The largest absolute Gasteiger partial charge is 0.477 e. The SMILES string of the molecule is CCCCCCC(F)(F)C(F)(F)C(O)(F)C(=O)O. The molecule has 0 aliphatic rings. The molecule has 0 amide bonds. The monoisotopic (exact) mass is 278 g/mol. The maximum absolute atomic E-state index is 13.1. The molecule has 0 spiro atoms. The van der Waals surface area contributed by atoms with E-state index in [1.165, 1.54) is 0 Å². The Morgan fingerprint density at radius 1 is 1.06 bits per heavy atom. The molecule has 0 saturated heterocycles. The van der Waals surface area contributed by atoms with E-state index in [0.29, 0.717) is 12.8 Å². The summed E-state index contributed by atoms with van der Waals surface area (Å²) in [6.45, 7) is 1.78. The van der Waals surface area contributed by atoms with Crippen molar-refractivity contribution in [2.45, 2.75) is 56.7 Å². The first kappa shape index (κ1) is 17.1. The Kier molecular flexibility index (Phi) is 5.52. The smallest absolute Gasteiger partial charge is 0.378 e. The van der Waals surface area contributed by atoms with Gasteiger partial charge in [-0.3, -0.25) is 0 Å². The maximum atomic E-state index is 13.1. The van der Waals surface area contributed by atoms with Crippen LogP contribution < -0.4 is 0 Å². The molecule has 0 aromatic heterocycles. The second kappa shape index (κ2) is 5.81. The summed E-state index contributed by atoms with van der Waals surface area (Å²) >= 11 is 0. The van der Waals surface area contributed by atoms with Gasteiger partial charge in [-0.25, -0.2) is 4.79 Å². The fourth-order valence-corrected chi connectivity index (χ4v) is 1.31. The summed E-state index contributed by atoms with van der Waals surface area (Å²) in [7, 11) is 0. The minimum atomic E-state index is -5.68. The normalized spacial score (nSPS) is 16.4. The van der Waals surface area contributed by atoms with Crippen molar-refractivity contribution in [3.05, 3.63) is 0 Å². The number of hydrogen-bond donors (Lipinski definition) is 2. The highest BCUT2D eigenvalue weighted by Gasteiger charge is 2.73. The van der Waals surface area contributed by atoms with Gasteiger partial charge in [-0.2, -0.15) is 22.0 Å². The molecular weight excluding hydrogens is 263 g/mol. The third kappa shape index (κ3) is 3.30. The summed E-state index contributed by atoms with van der Waals surface area (Å²) in [6, 6.07) is 0. The maximum Gasteiger partial charge on any atom is 0.378 e. The van der Waals surface area contributed by atoms with Crippen molar-refractivity contribution in [2.75, 3.05) is 0 Å². The van der Waals surface area contributed by atoms with Crippen LogP contribution in [0.15, 0.2) is 0 Å². The van der Waals surface area contributed by atoms with E-state index in [9.17, 15) is 26.7 Å². The Morgan fingerprint density at radius 2 is 1.56 bits per heavy atom. The van der Waals surface area contributed by atoms with Gasteiger partial charge in [0.15, 0.2) is 0 Å². The van der Waals surface area contributed by atoms with E-state index in [1.54, 1.807) is 6.92 Å². The van der Waals surface area contributed by atoms with Crippen molar-refractivity contribution in [1.82, 2.24) is 0 Å². The number of aliphatic carboxylic acids is 1. The lowest BCUT2D eigenvalue weighted by atomic mass is 9.98. The second-order valence-electron chi connectivity index (χ2n) is 4.02. The molecule has 0 heterocycles. The number of carboxylic acid groups (broad SMARTS) is 1. The van der Waals surface area contributed by atoms with Crippen molar-refractivity contribution in [2.24, 2.45) is 0 Å². The van der Waals surface area contributed by atoms with Gasteiger partial charge >= 0.3 is 23.7 Å². The number of aliphatic hydroxyl groups is 1. The summed E-state index contributed by atoms with van der Waals surface area (Å²) in [4.78, 5) is 10.1. The van der Waals surface area contributed by atoms with Crippen molar-refractivity contribution >= 4 is 5.97 Å². The Labute approximate surface area is 101 Å². The first-order valence-corrected chi connectivity index (χ1v) is 5.41. The predicted molar refractivity (Wildman–Crippen MR) is 52.3 cm³/mol. The van der Waals surface area contributed by atoms with Gasteiger partial charge in [-0.15, -0.1) is 0 Å². The van der Waals surface area contributed by atoms with Crippen LogP contribution in [0.1, 0.15) is 39.0 Å². The van der Waals surface area contributed by atoms with E-state index in [1.807, 2.05) is 0 Å². The van der Waals surface area contributed by atoms with Crippen molar-refractivity contribution in [3.8, 4) is 0 Å². The average molecular weight is 278 g/mol. The number of alkyl halides is 5. The highest BCUT2D eigenvalue weighted by Crippen LogP contribution is 2.46. The van der Waals surface area contributed by atoms with E-state index in [0.717, 1.165) is 0 Å².